The molecule has 0 saturated carbocycles. The summed E-state index contributed by atoms with van der Waals surface area (Å²) in [6, 6.07) is 16.3. The number of guanidine groups is 1. The second kappa shape index (κ2) is 8.96. The van der Waals surface area contributed by atoms with Gasteiger partial charge < -0.3 is 15.8 Å². The van der Waals surface area contributed by atoms with E-state index < -0.39 is 12.8 Å². The highest BCUT2D eigenvalue weighted by molar-refractivity contribution is 5.77. The molecule has 7 heteroatoms. The third-order valence-electron chi connectivity index (χ3n) is 3.30. The minimum Gasteiger partial charge on any atom is -0.484 e. The van der Waals surface area contributed by atoms with E-state index >= 15 is 0 Å². The van der Waals surface area contributed by atoms with Crippen molar-refractivity contribution in [2.75, 3.05) is 13.2 Å². The number of rotatable bonds is 7. The number of ether oxygens (including phenoxy) is 1. The zero-order valence-electron chi connectivity index (χ0n) is 13.6. The minimum atomic E-state index is -4.36. The third kappa shape index (κ3) is 7.60. The predicted octanol–water partition coefficient (Wildman–Crippen LogP) is 3.27. The van der Waals surface area contributed by atoms with Gasteiger partial charge in [0, 0.05) is 6.54 Å². The van der Waals surface area contributed by atoms with Gasteiger partial charge in [-0.2, -0.15) is 13.2 Å². The highest BCUT2D eigenvalue weighted by Gasteiger charge is 2.28. The largest absolute Gasteiger partial charge is 0.484 e. The summed E-state index contributed by atoms with van der Waals surface area (Å²) >= 11 is 0. The third-order valence-corrected chi connectivity index (χ3v) is 3.30. The lowest BCUT2D eigenvalue weighted by atomic mass is 10.1. The van der Waals surface area contributed by atoms with Gasteiger partial charge in [0.1, 0.15) is 5.75 Å². The molecule has 3 N–H and O–H groups in total. The zero-order valence-corrected chi connectivity index (χ0v) is 13.6. The second-order valence-corrected chi connectivity index (χ2v) is 5.42. The van der Waals surface area contributed by atoms with Gasteiger partial charge >= 0.3 is 6.18 Å². The molecule has 4 nitrogen and oxygen atoms in total. The summed E-state index contributed by atoms with van der Waals surface area (Å²) in [4.78, 5) is 4.18. The molecule has 134 valence electrons. The van der Waals surface area contributed by atoms with Crippen LogP contribution in [-0.4, -0.2) is 25.3 Å². The van der Waals surface area contributed by atoms with Crippen molar-refractivity contribution < 1.29 is 17.9 Å². The molecule has 0 radical (unpaired) electrons. The lowest BCUT2D eigenvalue weighted by molar-refractivity contribution is -0.153. The maximum absolute atomic E-state index is 12.2. The van der Waals surface area contributed by atoms with E-state index in [1.165, 1.54) is 17.7 Å². The van der Waals surface area contributed by atoms with Crippen LogP contribution in [0.4, 0.5) is 13.2 Å². The molecule has 0 aliphatic rings. The van der Waals surface area contributed by atoms with E-state index in [1.54, 1.807) is 12.1 Å². The summed E-state index contributed by atoms with van der Waals surface area (Å²) < 4.78 is 41.2. The summed E-state index contributed by atoms with van der Waals surface area (Å²) in [5.41, 5.74) is 7.71. The van der Waals surface area contributed by atoms with Gasteiger partial charge in [-0.3, -0.25) is 0 Å². The topological polar surface area (TPSA) is 59.6 Å². The second-order valence-electron chi connectivity index (χ2n) is 5.42. The van der Waals surface area contributed by atoms with Crippen molar-refractivity contribution in [3.8, 4) is 5.75 Å². The van der Waals surface area contributed by atoms with Gasteiger partial charge in [0.05, 0.1) is 6.54 Å². The molecule has 25 heavy (non-hydrogen) atoms. The lowest BCUT2D eigenvalue weighted by Crippen LogP contribution is -2.33. The fourth-order valence-electron chi connectivity index (χ4n) is 2.11. The Morgan fingerprint density at radius 3 is 2.48 bits per heavy atom. The van der Waals surface area contributed by atoms with Crippen LogP contribution in [-0.2, 0) is 13.0 Å². The summed E-state index contributed by atoms with van der Waals surface area (Å²) in [6.07, 6.45) is -3.54. The van der Waals surface area contributed by atoms with Gasteiger partial charge in [0.25, 0.3) is 0 Å². The molecule has 0 unspecified atom stereocenters. The van der Waals surface area contributed by atoms with Crippen molar-refractivity contribution in [2.45, 2.75) is 19.1 Å². The summed E-state index contributed by atoms with van der Waals surface area (Å²) in [5, 5.41) is 3.01. The van der Waals surface area contributed by atoms with Crippen molar-refractivity contribution >= 4 is 5.96 Å². The van der Waals surface area contributed by atoms with E-state index in [1.807, 2.05) is 30.3 Å². The molecular formula is C18H20F3N3O. The Bertz CT molecular complexity index is 687. The maximum Gasteiger partial charge on any atom is 0.422 e. The van der Waals surface area contributed by atoms with E-state index in [2.05, 4.69) is 10.3 Å². The van der Waals surface area contributed by atoms with Gasteiger partial charge in [0.15, 0.2) is 12.6 Å². The van der Waals surface area contributed by atoms with Crippen molar-refractivity contribution in [2.24, 2.45) is 10.7 Å². The number of hydrogen-bond acceptors (Lipinski definition) is 2. The van der Waals surface area contributed by atoms with Crippen LogP contribution < -0.4 is 15.8 Å². The maximum atomic E-state index is 12.2. The number of benzene rings is 2. The average Bonchev–Trinajstić information content (AvgIpc) is 2.59. The molecule has 0 aromatic heterocycles. The van der Waals surface area contributed by atoms with Crippen LogP contribution in [0, 0.1) is 0 Å². The normalized spacial score (nSPS) is 12.0. The Morgan fingerprint density at radius 2 is 1.76 bits per heavy atom. The Morgan fingerprint density at radius 1 is 1.04 bits per heavy atom. The number of hydrogen-bond donors (Lipinski definition) is 2. The summed E-state index contributed by atoms with van der Waals surface area (Å²) in [6.45, 7) is -0.412. The molecule has 2 aromatic carbocycles. The Balaban J connectivity index is 1.79. The molecule has 0 heterocycles. The Labute approximate surface area is 144 Å². The van der Waals surface area contributed by atoms with Crippen molar-refractivity contribution in [1.82, 2.24) is 5.32 Å². The predicted molar refractivity (Wildman–Crippen MR) is 91.5 cm³/mol. The molecule has 0 saturated heterocycles. The van der Waals surface area contributed by atoms with Crippen molar-refractivity contribution in [1.29, 1.82) is 0 Å². The molecule has 0 amide bonds. The first-order valence-electron chi connectivity index (χ1n) is 7.78. The van der Waals surface area contributed by atoms with Crippen LogP contribution in [0.5, 0.6) is 5.75 Å². The molecule has 0 aliphatic carbocycles. The number of nitrogens with two attached hydrogens (primary N) is 1. The standard InChI is InChI=1S/C18H20F3N3O/c19-18(20,21)13-25-16-8-4-7-15(11-16)12-24-17(22)23-10-9-14-5-2-1-3-6-14/h1-8,11H,9-10,12-13H2,(H3,22,23,24). The first-order valence-corrected chi connectivity index (χ1v) is 7.78. The highest BCUT2D eigenvalue weighted by Crippen LogP contribution is 2.19. The fourth-order valence-corrected chi connectivity index (χ4v) is 2.11. The number of alkyl halides is 3. The molecule has 0 spiro atoms. The average molecular weight is 351 g/mol. The van der Waals surface area contributed by atoms with Gasteiger partial charge in [0.2, 0.25) is 0 Å². The Kier molecular flexibility index (Phi) is 6.68. The van der Waals surface area contributed by atoms with E-state index in [0.29, 0.717) is 12.1 Å². The van der Waals surface area contributed by atoms with E-state index in [0.717, 1.165) is 6.42 Å². The molecular weight excluding hydrogens is 331 g/mol. The van der Waals surface area contributed by atoms with Crippen LogP contribution in [0.1, 0.15) is 11.1 Å². The monoisotopic (exact) mass is 351 g/mol. The minimum absolute atomic E-state index is 0.153. The SMILES string of the molecule is NC(=NCc1cccc(OCC(F)(F)F)c1)NCCc1ccccc1. The number of nitrogens with one attached hydrogen (secondary N) is 1. The lowest BCUT2D eigenvalue weighted by Gasteiger charge is -2.10. The molecule has 0 aliphatic heterocycles. The first-order chi connectivity index (χ1) is 11.9. The van der Waals surface area contributed by atoms with Gasteiger partial charge in [-0.1, -0.05) is 42.5 Å². The van der Waals surface area contributed by atoms with E-state index in [4.69, 9.17) is 10.5 Å². The molecule has 2 aromatic rings. The van der Waals surface area contributed by atoms with Crippen molar-refractivity contribution in [3.63, 3.8) is 0 Å². The smallest absolute Gasteiger partial charge is 0.422 e. The first kappa shape index (κ1) is 18.6. The number of nitrogens with zero attached hydrogens (tertiary/aromatic N) is 1. The molecule has 0 fully saturated rings. The summed E-state index contributed by atoms with van der Waals surface area (Å²) in [5.74, 6) is 0.443. The van der Waals surface area contributed by atoms with Crippen LogP contribution in [0.3, 0.4) is 0 Å². The highest BCUT2D eigenvalue weighted by atomic mass is 19.4. The molecule has 0 bridgehead atoms. The van der Waals surface area contributed by atoms with Gasteiger partial charge in [-0.05, 0) is 29.7 Å². The molecule has 2 rings (SSSR count). The van der Waals surface area contributed by atoms with Crippen LogP contribution >= 0.6 is 0 Å². The van der Waals surface area contributed by atoms with Gasteiger partial charge in [-0.25, -0.2) is 4.99 Å². The van der Waals surface area contributed by atoms with Crippen LogP contribution in [0.25, 0.3) is 0 Å². The number of aliphatic imine (C=N–C) groups is 1. The van der Waals surface area contributed by atoms with Crippen LogP contribution in [0.15, 0.2) is 59.6 Å². The Hall–Kier alpha value is -2.70. The van der Waals surface area contributed by atoms with E-state index in [-0.39, 0.29) is 18.3 Å². The van der Waals surface area contributed by atoms with Crippen LogP contribution in [0.2, 0.25) is 0 Å². The number of halogens is 3. The van der Waals surface area contributed by atoms with Gasteiger partial charge in [-0.15, -0.1) is 0 Å². The quantitative estimate of drug-likeness (QED) is 0.595. The molecule has 0 atom stereocenters. The summed E-state index contributed by atoms with van der Waals surface area (Å²) in [7, 11) is 0. The zero-order chi connectivity index (χ0) is 18.1. The van der Waals surface area contributed by atoms with Crippen molar-refractivity contribution in [3.05, 3.63) is 65.7 Å². The van der Waals surface area contributed by atoms with E-state index in [9.17, 15) is 13.2 Å². The fraction of sp³-hybridized carbons (Fsp3) is 0.278.